The Morgan fingerprint density at radius 3 is 2.88 bits per heavy atom. The Morgan fingerprint density at radius 1 is 1.88 bits per heavy atom. The lowest BCUT2D eigenvalue weighted by Crippen LogP contribution is -1.96. The lowest BCUT2D eigenvalue weighted by molar-refractivity contribution is -0.746. The van der Waals surface area contributed by atoms with Gasteiger partial charge in [0.25, 0.3) is 5.09 Å². The van der Waals surface area contributed by atoms with Crippen LogP contribution in [0.25, 0.3) is 0 Å². The predicted octanol–water partition coefficient (Wildman–Crippen LogP) is 1.16. The van der Waals surface area contributed by atoms with E-state index in [4.69, 9.17) is 0 Å². The van der Waals surface area contributed by atoms with Crippen molar-refractivity contribution in [2.75, 3.05) is 0 Å². The van der Waals surface area contributed by atoms with E-state index >= 15 is 0 Å². The minimum Gasteiger partial charge on any atom is -0.308 e. The Morgan fingerprint density at radius 2 is 2.50 bits per heavy atom. The Balaban J connectivity index is 2.82. The monoisotopic (exact) mass is 118 g/mol. The van der Waals surface area contributed by atoms with Crippen LogP contribution in [0.5, 0.6) is 0 Å². The van der Waals surface area contributed by atoms with Crippen LogP contribution >= 0.6 is 0 Å². The van der Waals surface area contributed by atoms with Crippen molar-refractivity contribution in [2.45, 2.75) is 19.8 Å². The van der Waals surface area contributed by atoms with E-state index in [1.807, 2.05) is 6.92 Å². The Labute approximate surface area is 47.6 Å². The fraction of sp³-hybridized carbons (Fsp3) is 0.750. The van der Waals surface area contributed by atoms with Crippen molar-refractivity contribution in [3.8, 4) is 0 Å². The summed E-state index contributed by atoms with van der Waals surface area (Å²) in [4.78, 5) is 13.3. The molecule has 0 aromatic carbocycles. The van der Waals surface area contributed by atoms with E-state index in [1.54, 1.807) is 0 Å². The smallest absolute Gasteiger partial charge is 0.294 e. The maximum absolute atomic E-state index is 9.43. The number of hydrogen-bond donors (Lipinski definition) is 0. The molecule has 47 valence electrons. The van der Waals surface area contributed by atoms with E-state index in [2.05, 4.69) is 4.84 Å². The van der Waals surface area contributed by atoms with Gasteiger partial charge in [-0.25, -0.2) is 0 Å². The molecule has 0 rings (SSSR count). The summed E-state index contributed by atoms with van der Waals surface area (Å²) in [6.45, 7) is 3.10. The van der Waals surface area contributed by atoms with Crippen molar-refractivity contribution in [2.24, 2.45) is 0 Å². The molecule has 1 radical (unpaired) electrons. The fourth-order valence-corrected chi connectivity index (χ4v) is 0.231. The molecule has 0 aliphatic carbocycles. The summed E-state index contributed by atoms with van der Waals surface area (Å²) >= 11 is 0. The molecule has 0 saturated carbocycles. The molecule has 0 unspecified atom stereocenters. The maximum atomic E-state index is 9.43. The first kappa shape index (κ1) is 7.20. The Bertz CT molecular complexity index is 73.7. The molecule has 4 nitrogen and oxygen atoms in total. The zero-order valence-corrected chi connectivity index (χ0v) is 4.66. The van der Waals surface area contributed by atoms with Gasteiger partial charge in [0.2, 0.25) is 0 Å². The van der Waals surface area contributed by atoms with Crippen LogP contribution in [0.4, 0.5) is 0 Å². The summed E-state index contributed by atoms with van der Waals surface area (Å²) in [5.74, 6) is 0. The average Bonchev–Trinajstić information content (AvgIpc) is 1.66. The van der Waals surface area contributed by atoms with E-state index in [1.165, 1.54) is 6.61 Å². The SMILES string of the molecule is CCC[CH]O[N+](=O)[O-]. The highest BCUT2D eigenvalue weighted by atomic mass is 16.9. The van der Waals surface area contributed by atoms with Gasteiger partial charge in [-0.2, -0.15) is 0 Å². The van der Waals surface area contributed by atoms with Crippen LogP contribution in [0.15, 0.2) is 0 Å². The highest BCUT2D eigenvalue weighted by Crippen LogP contribution is 1.92. The Kier molecular flexibility index (Phi) is 3.93. The van der Waals surface area contributed by atoms with E-state index in [0.717, 1.165) is 6.42 Å². The molecular weight excluding hydrogens is 110 g/mol. The summed E-state index contributed by atoms with van der Waals surface area (Å²) in [7, 11) is 0. The fourth-order valence-electron chi connectivity index (χ4n) is 0.231. The number of hydrogen-bond acceptors (Lipinski definition) is 3. The largest absolute Gasteiger partial charge is 0.308 e. The molecule has 0 bridgehead atoms. The molecule has 0 N–H and O–H groups in total. The van der Waals surface area contributed by atoms with Crippen LogP contribution in [0.1, 0.15) is 19.8 Å². The normalized spacial score (nSPS) is 8.62. The Hall–Kier alpha value is -0.800. The minimum absolute atomic E-state index is 0.626. The average molecular weight is 118 g/mol. The second kappa shape index (κ2) is 4.36. The molecule has 0 spiro atoms. The third-order valence-corrected chi connectivity index (χ3v) is 0.567. The molecule has 0 saturated heterocycles. The summed E-state index contributed by atoms with van der Waals surface area (Å²) in [5, 5.41) is 8.60. The van der Waals surface area contributed by atoms with Crippen molar-refractivity contribution in [1.82, 2.24) is 0 Å². The van der Waals surface area contributed by atoms with Crippen LogP contribution < -0.4 is 0 Å². The molecule has 8 heavy (non-hydrogen) atoms. The summed E-state index contributed by atoms with van der Waals surface area (Å²) in [6.07, 6.45) is 1.49. The first-order chi connectivity index (χ1) is 3.77. The van der Waals surface area contributed by atoms with Crippen molar-refractivity contribution < 1.29 is 9.92 Å². The maximum Gasteiger partial charge on any atom is 0.294 e. The zero-order chi connectivity index (χ0) is 6.41. The van der Waals surface area contributed by atoms with Gasteiger partial charge < -0.3 is 4.84 Å². The van der Waals surface area contributed by atoms with E-state index in [-0.39, 0.29) is 0 Å². The van der Waals surface area contributed by atoms with Crippen molar-refractivity contribution >= 4 is 0 Å². The van der Waals surface area contributed by atoms with Crippen LogP contribution in [0.2, 0.25) is 0 Å². The molecule has 0 aromatic rings. The third kappa shape index (κ3) is 5.20. The number of nitrogens with zero attached hydrogens (tertiary/aromatic N) is 1. The molecule has 0 aromatic heterocycles. The molecule has 0 fully saturated rings. The molecular formula is C4H8NO3. The third-order valence-electron chi connectivity index (χ3n) is 0.567. The topological polar surface area (TPSA) is 52.4 Å². The molecule has 4 heteroatoms. The first-order valence-electron chi connectivity index (χ1n) is 2.40. The van der Waals surface area contributed by atoms with Gasteiger partial charge in [-0.1, -0.05) is 13.3 Å². The van der Waals surface area contributed by atoms with Gasteiger partial charge in [-0.15, -0.1) is 10.1 Å². The molecule has 0 heterocycles. The lowest BCUT2D eigenvalue weighted by atomic mass is 10.4. The highest BCUT2D eigenvalue weighted by Gasteiger charge is 1.90. The summed E-state index contributed by atoms with van der Waals surface area (Å²) < 4.78 is 0. The minimum atomic E-state index is -0.824. The summed E-state index contributed by atoms with van der Waals surface area (Å²) in [6, 6.07) is 0. The van der Waals surface area contributed by atoms with Gasteiger partial charge in [0, 0.05) is 0 Å². The van der Waals surface area contributed by atoms with E-state index < -0.39 is 5.09 Å². The highest BCUT2D eigenvalue weighted by molar-refractivity contribution is 4.42. The van der Waals surface area contributed by atoms with E-state index in [0.29, 0.717) is 6.42 Å². The molecule has 0 atom stereocenters. The zero-order valence-electron chi connectivity index (χ0n) is 4.66. The first-order valence-corrected chi connectivity index (χ1v) is 2.40. The quantitative estimate of drug-likeness (QED) is 0.316. The molecule has 0 aliphatic rings. The van der Waals surface area contributed by atoms with Gasteiger partial charge in [-0.05, 0) is 6.42 Å². The van der Waals surface area contributed by atoms with Crippen LogP contribution in [0, 0.1) is 16.7 Å². The van der Waals surface area contributed by atoms with Gasteiger partial charge >= 0.3 is 0 Å². The van der Waals surface area contributed by atoms with Crippen LogP contribution in [0.3, 0.4) is 0 Å². The van der Waals surface area contributed by atoms with Crippen LogP contribution in [-0.4, -0.2) is 5.09 Å². The van der Waals surface area contributed by atoms with Crippen molar-refractivity contribution in [1.29, 1.82) is 0 Å². The van der Waals surface area contributed by atoms with Gasteiger partial charge in [0.1, 0.15) is 6.61 Å². The van der Waals surface area contributed by atoms with E-state index in [9.17, 15) is 10.1 Å². The number of unbranched alkanes of at least 4 members (excludes halogenated alkanes) is 1. The van der Waals surface area contributed by atoms with Gasteiger partial charge in [0.05, 0.1) is 0 Å². The second-order valence-corrected chi connectivity index (χ2v) is 1.28. The predicted molar refractivity (Wildman–Crippen MR) is 27.3 cm³/mol. The van der Waals surface area contributed by atoms with Crippen molar-refractivity contribution in [3.63, 3.8) is 0 Å². The molecule has 0 amide bonds. The standard InChI is InChI=1S/C4H8NO3/c1-2-3-4-8-5(6)7/h4H,2-3H2,1H3. The van der Waals surface area contributed by atoms with Crippen LogP contribution in [-0.2, 0) is 4.84 Å². The molecule has 0 aliphatic heterocycles. The summed E-state index contributed by atoms with van der Waals surface area (Å²) in [5.41, 5.74) is 0. The second-order valence-electron chi connectivity index (χ2n) is 1.28. The number of rotatable bonds is 4. The van der Waals surface area contributed by atoms with Crippen molar-refractivity contribution in [3.05, 3.63) is 16.7 Å². The lowest BCUT2D eigenvalue weighted by Gasteiger charge is -1.91. The van der Waals surface area contributed by atoms with Gasteiger partial charge in [0.15, 0.2) is 0 Å². The van der Waals surface area contributed by atoms with Gasteiger partial charge in [-0.3, -0.25) is 0 Å².